The smallest absolute Gasteiger partial charge is 0.304 e. The number of halogens is 2. The van der Waals surface area contributed by atoms with Crippen molar-refractivity contribution in [2.45, 2.75) is 18.9 Å². The number of nitrogens with zero attached hydrogens (tertiary/aromatic N) is 3. The Bertz CT molecular complexity index is 2020. The largest absolute Gasteiger partial charge is 0.482 e. The van der Waals surface area contributed by atoms with Crippen molar-refractivity contribution in [3.05, 3.63) is 82.8 Å². The Morgan fingerprint density at radius 2 is 1.29 bits per heavy atom. The van der Waals surface area contributed by atoms with E-state index in [2.05, 4.69) is 10.2 Å². The predicted octanol–water partition coefficient (Wildman–Crippen LogP) is 5.58. The van der Waals surface area contributed by atoms with Gasteiger partial charge in [-0.25, -0.2) is 0 Å². The van der Waals surface area contributed by atoms with Gasteiger partial charge in [-0.1, -0.05) is 71.7 Å². The molecule has 52 heavy (non-hydrogen) atoms. The van der Waals surface area contributed by atoms with E-state index in [0.29, 0.717) is 72.2 Å². The second-order valence-electron chi connectivity index (χ2n) is 13.0. The van der Waals surface area contributed by atoms with Crippen LogP contribution in [0.25, 0.3) is 33.4 Å². The van der Waals surface area contributed by atoms with Crippen LogP contribution in [0.2, 0.25) is 10.0 Å². The second kappa shape index (κ2) is 15.5. The Labute approximate surface area is 311 Å². The molecule has 0 spiro atoms. The number of anilines is 2. The lowest BCUT2D eigenvalue weighted by Gasteiger charge is -2.31. The molecular formula is C39H38Cl2N4O7. The van der Waals surface area contributed by atoms with Gasteiger partial charge in [-0.15, -0.1) is 0 Å². The standard InChI is InChI=1S/C39H38Cl2N4O7/c40-38-27(24-7-9-31-33(19-24)51-22-35(47)44(31)16-14-42-13-11-37(49)50)3-1-5-29(38)30-6-2-4-28(39(30)41)25-8-10-32-34(20-25)52-23-36(48)45(32)18-17-43-15-12-26(46)21-43/h1-10,19-20,26,42,46H,11-18,21-23H2,(H,49,50)/t26-/m0/s1. The molecule has 2 amide bonds. The van der Waals surface area contributed by atoms with Crippen molar-refractivity contribution in [1.29, 1.82) is 0 Å². The topological polar surface area (TPSA) is 132 Å². The number of hydrogen-bond donors (Lipinski definition) is 3. The lowest BCUT2D eigenvalue weighted by molar-refractivity contribution is -0.137. The zero-order valence-electron chi connectivity index (χ0n) is 28.3. The maximum atomic E-state index is 12.8. The Kier molecular flexibility index (Phi) is 10.7. The number of amides is 2. The van der Waals surface area contributed by atoms with Crippen LogP contribution in [0.4, 0.5) is 11.4 Å². The highest BCUT2D eigenvalue weighted by atomic mass is 35.5. The second-order valence-corrected chi connectivity index (χ2v) is 13.8. The first-order chi connectivity index (χ1) is 25.2. The van der Waals surface area contributed by atoms with Gasteiger partial charge in [-0.3, -0.25) is 19.3 Å². The third-order valence-electron chi connectivity index (χ3n) is 9.63. The quantitative estimate of drug-likeness (QED) is 0.159. The summed E-state index contributed by atoms with van der Waals surface area (Å²) < 4.78 is 11.7. The van der Waals surface area contributed by atoms with Crippen molar-refractivity contribution in [2.24, 2.45) is 0 Å². The van der Waals surface area contributed by atoms with Gasteiger partial charge in [0.2, 0.25) is 0 Å². The molecule has 1 saturated heterocycles. The molecule has 0 aliphatic carbocycles. The predicted molar refractivity (Wildman–Crippen MR) is 201 cm³/mol. The zero-order chi connectivity index (χ0) is 36.4. The Morgan fingerprint density at radius 1 is 0.750 bits per heavy atom. The maximum absolute atomic E-state index is 12.8. The van der Waals surface area contributed by atoms with Crippen molar-refractivity contribution >= 4 is 52.4 Å². The van der Waals surface area contributed by atoms with Gasteiger partial charge in [-0.2, -0.15) is 0 Å². The molecule has 1 fully saturated rings. The number of carbonyl (C=O) groups is 3. The van der Waals surface area contributed by atoms with Gasteiger partial charge in [0.25, 0.3) is 11.8 Å². The number of fused-ring (bicyclic) bond motifs is 2. The molecule has 0 aromatic heterocycles. The summed E-state index contributed by atoms with van der Waals surface area (Å²) in [5, 5.41) is 22.8. The third kappa shape index (κ3) is 7.46. The molecule has 3 aliphatic rings. The first-order valence-corrected chi connectivity index (χ1v) is 18.0. The zero-order valence-corrected chi connectivity index (χ0v) is 29.8. The van der Waals surface area contributed by atoms with Crippen LogP contribution in [0.5, 0.6) is 11.5 Å². The van der Waals surface area contributed by atoms with Gasteiger partial charge in [0, 0.05) is 68.1 Å². The first kappa shape index (κ1) is 35.7. The number of ether oxygens (including phenoxy) is 2. The van der Waals surface area contributed by atoms with Gasteiger partial charge in [-0.05, 0) is 41.8 Å². The normalized spacial score (nSPS) is 17.1. The molecule has 1 atom stereocenters. The molecule has 0 radical (unpaired) electrons. The summed E-state index contributed by atoms with van der Waals surface area (Å²) in [7, 11) is 0. The van der Waals surface area contributed by atoms with Gasteiger partial charge >= 0.3 is 5.97 Å². The van der Waals surface area contributed by atoms with Crippen LogP contribution in [0.3, 0.4) is 0 Å². The van der Waals surface area contributed by atoms with E-state index in [0.717, 1.165) is 46.3 Å². The summed E-state index contributed by atoms with van der Waals surface area (Å²) in [5.41, 5.74) is 6.01. The fourth-order valence-electron chi connectivity index (χ4n) is 6.93. The van der Waals surface area contributed by atoms with Crippen LogP contribution in [0.1, 0.15) is 12.8 Å². The first-order valence-electron chi connectivity index (χ1n) is 17.2. The average molecular weight is 746 g/mol. The molecule has 11 nitrogen and oxygen atoms in total. The number of likely N-dealkylation sites (tertiary alicyclic amines) is 1. The van der Waals surface area contributed by atoms with E-state index in [1.165, 1.54) is 0 Å². The highest BCUT2D eigenvalue weighted by Crippen LogP contribution is 2.45. The summed E-state index contributed by atoms with van der Waals surface area (Å²) in [6.07, 6.45) is 0.436. The lowest BCUT2D eigenvalue weighted by atomic mass is 9.95. The van der Waals surface area contributed by atoms with E-state index in [1.54, 1.807) is 9.80 Å². The number of aliphatic carboxylic acids is 1. The van der Waals surface area contributed by atoms with Crippen LogP contribution in [0.15, 0.2) is 72.8 Å². The summed E-state index contributed by atoms with van der Waals surface area (Å²) in [6, 6.07) is 22.9. The van der Waals surface area contributed by atoms with E-state index in [4.69, 9.17) is 37.8 Å². The van der Waals surface area contributed by atoms with Crippen molar-refractivity contribution in [3.63, 3.8) is 0 Å². The molecule has 4 aromatic rings. The van der Waals surface area contributed by atoms with Crippen molar-refractivity contribution in [1.82, 2.24) is 10.2 Å². The van der Waals surface area contributed by atoms with Gasteiger partial charge in [0.05, 0.1) is 33.9 Å². The molecule has 4 aromatic carbocycles. The number of aliphatic hydroxyl groups excluding tert-OH is 1. The maximum Gasteiger partial charge on any atom is 0.304 e. The summed E-state index contributed by atoms with van der Waals surface area (Å²) >= 11 is 14.3. The molecule has 3 aliphatic heterocycles. The SMILES string of the molecule is O=C(O)CCNCCN1C(=O)COc2cc(-c3cccc(-c4cccc(-c5ccc6c(c5)OCC(=O)N6CCN5CC[C@H](O)C5)c4Cl)c3Cl)ccc21. The van der Waals surface area contributed by atoms with Crippen LogP contribution in [-0.4, -0.2) is 98.0 Å². The van der Waals surface area contributed by atoms with Crippen molar-refractivity contribution in [3.8, 4) is 44.9 Å². The number of carbonyl (C=O) groups excluding carboxylic acids is 2. The minimum absolute atomic E-state index is 0.00447. The fraction of sp³-hybridized carbons (Fsp3) is 0.308. The Morgan fingerprint density at radius 3 is 1.81 bits per heavy atom. The molecular weight excluding hydrogens is 707 g/mol. The number of carboxylic acids is 1. The monoisotopic (exact) mass is 744 g/mol. The molecule has 0 unspecified atom stereocenters. The number of nitrogens with one attached hydrogen (secondary N) is 1. The highest BCUT2D eigenvalue weighted by molar-refractivity contribution is 6.39. The number of β-amino-alcohol motifs (C(OH)–C–C–N with tert-alkyl or cyclic N) is 1. The molecule has 0 bridgehead atoms. The Hall–Kier alpha value is -4.65. The molecule has 13 heteroatoms. The number of aliphatic hydroxyl groups is 1. The lowest BCUT2D eigenvalue weighted by Crippen LogP contribution is -2.43. The molecule has 0 saturated carbocycles. The third-order valence-corrected chi connectivity index (χ3v) is 10.4. The number of benzene rings is 4. The summed E-state index contributed by atoms with van der Waals surface area (Å²) in [6.45, 7) is 3.58. The summed E-state index contributed by atoms with van der Waals surface area (Å²) in [4.78, 5) is 41.9. The number of hydrogen-bond acceptors (Lipinski definition) is 8. The van der Waals surface area contributed by atoms with Crippen LogP contribution < -0.4 is 24.6 Å². The van der Waals surface area contributed by atoms with Crippen molar-refractivity contribution in [2.75, 3.05) is 68.8 Å². The summed E-state index contributed by atoms with van der Waals surface area (Å²) in [5.74, 6) is -0.00876. The van der Waals surface area contributed by atoms with E-state index < -0.39 is 5.97 Å². The fourth-order valence-corrected chi connectivity index (χ4v) is 7.60. The van der Waals surface area contributed by atoms with Crippen molar-refractivity contribution < 1.29 is 34.1 Å². The molecule has 3 heterocycles. The average Bonchev–Trinajstić information content (AvgIpc) is 3.56. The van der Waals surface area contributed by atoms with Crippen LogP contribution >= 0.6 is 23.2 Å². The van der Waals surface area contributed by atoms with Crippen LogP contribution in [0, 0.1) is 0 Å². The van der Waals surface area contributed by atoms with E-state index in [9.17, 15) is 19.5 Å². The van der Waals surface area contributed by atoms with E-state index in [1.807, 2.05) is 72.8 Å². The Balaban J connectivity index is 1.12. The highest BCUT2D eigenvalue weighted by Gasteiger charge is 2.29. The van der Waals surface area contributed by atoms with E-state index >= 15 is 0 Å². The van der Waals surface area contributed by atoms with Gasteiger partial charge in [0.1, 0.15) is 11.5 Å². The van der Waals surface area contributed by atoms with Crippen LogP contribution in [-0.2, 0) is 14.4 Å². The molecule has 7 rings (SSSR count). The molecule has 270 valence electrons. The number of rotatable bonds is 12. The van der Waals surface area contributed by atoms with Gasteiger partial charge in [0.15, 0.2) is 13.2 Å². The molecule has 3 N–H and O–H groups in total. The van der Waals surface area contributed by atoms with Gasteiger partial charge < -0.3 is 34.8 Å². The van der Waals surface area contributed by atoms with E-state index in [-0.39, 0.29) is 37.6 Å². The number of carboxylic acid groups (broad SMARTS) is 1. The minimum atomic E-state index is -0.881. The minimum Gasteiger partial charge on any atom is -0.482 e.